The molecule has 0 radical (unpaired) electrons. The second kappa shape index (κ2) is 7.39. The summed E-state index contributed by atoms with van der Waals surface area (Å²) in [6.45, 7) is 0.597. The highest BCUT2D eigenvalue weighted by Crippen LogP contribution is 2.39. The summed E-state index contributed by atoms with van der Waals surface area (Å²) in [5, 5.41) is 5.32. The summed E-state index contributed by atoms with van der Waals surface area (Å²) in [6.07, 6.45) is -3.22. The number of ether oxygens (including phenoxy) is 2. The Bertz CT molecular complexity index is 995. The van der Waals surface area contributed by atoms with Crippen LogP contribution in [0.4, 0.5) is 23.7 Å². The molecule has 11 heteroatoms. The molecule has 0 bridgehead atoms. The van der Waals surface area contributed by atoms with Crippen LogP contribution in [-0.2, 0) is 17.4 Å². The van der Waals surface area contributed by atoms with E-state index in [0.29, 0.717) is 30.7 Å². The highest BCUT2D eigenvalue weighted by Gasteiger charge is 2.34. The number of pyridine rings is 1. The number of amides is 3. The zero-order chi connectivity index (χ0) is 21.5. The number of aromatic nitrogens is 1. The molecular weight excluding hydrogens is 405 g/mol. The molecule has 1 saturated heterocycles. The number of nitrogens with zero attached hydrogens (tertiary/aromatic N) is 2. The van der Waals surface area contributed by atoms with E-state index < -0.39 is 23.7 Å². The van der Waals surface area contributed by atoms with Crippen molar-refractivity contribution in [1.82, 2.24) is 15.2 Å². The van der Waals surface area contributed by atoms with Crippen LogP contribution in [-0.4, -0.2) is 48.1 Å². The van der Waals surface area contributed by atoms with Crippen molar-refractivity contribution in [3.8, 4) is 17.4 Å². The van der Waals surface area contributed by atoms with E-state index in [1.165, 1.54) is 18.0 Å². The lowest BCUT2D eigenvalue weighted by molar-refractivity contribution is -0.137. The molecule has 1 aromatic carbocycles. The zero-order valence-electron chi connectivity index (χ0n) is 15.7. The van der Waals surface area contributed by atoms with Gasteiger partial charge in [0.15, 0.2) is 0 Å². The molecule has 2 aliphatic rings. The van der Waals surface area contributed by atoms with Gasteiger partial charge in [0.1, 0.15) is 17.5 Å². The van der Waals surface area contributed by atoms with Gasteiger partial charge in [-0.15, -0.1) is 0 Å². The van der Waals surface area contributed by atoms with Crippen LogP contribution in [0.2, 0.25) is 0 Å². The lowest BCUT2D eigenvalue weighted by atomic mass is 10.1. The van der Waals surface area contributed by atoms with Gasteiger partial charge in [0, 0.05) is 43.9 Å². The SMILES string of the molecule is CN1C(=O)NC[C@H]1C(=O)Nc1cc(Oc2ccc(C(F)(F)F)cn2)cc2c1OCC2. The highest BCUT2D eigenvalue weighted by atomic mass is 19.4. The molecule has 3 heterocycles. The fourth-order valence-electron chi connectivity index (χ4n) is 3.23. The van der Waals surface area contributed by atoms with Crippen molar-refractivity contribution < 1.29 is 32.2 Å². The summed E-state index contributed by atoms with van der Waals surface area (Å²) in [5.74, 6) is 0.356. The molecule has 2 aromatic rings. The summed E-state index contributed by atoms with van der Waals surface area (Å²) in [6, 6.07) is 4.16. The topological polar surface area (TPSA) is 92.8 Å². The lowest BCUT2D eigenvalue weighted by Gasteiger charge is -2.19. The van der Waals surface area contributed by atoms with Crippen molar-refractivity contribution in [3.63, 3.8) is 0 Å². The Morgan fingerprint density at radius 2 is 2.17 bits per heavy atom. The summed E-state index contributed by atoms with van der Waals surface area (Å²) >= 11 is 0. The molecule has 30 heavy (non-hydrogen) atoms. The van der Waals surface area contributed by atoms with Crippen molar-refractivity contribution in [2.24, 2.45) is 0 Å². The third-order valence-corrected chi connectivity index (χ3v) is 4.84. The smallest absolute Gasteiger partial charge is 0.417 e. The Hall–Kier alpha value is -3.50. The van der Waals surface area contributed by atoms with E-state index in [1.807, 2.05) is 0 Å². The quantitative estimate of drug-likeness (QED) is 0.791. The molecule has 2 aliphatic heterocycles. The van der Waals surface area contributed by atoms with Gasteiger partial charge in [-0.3, -0.25) is 4.79 Å². The Morgan fingerprint density at radius 1 is 1.37 bits per heavy atom. The maximum Gasteiger partial charge on any atom is 0.417 e. The number of carbonyl (C=O) groups excluding carboxylic acids is 2. The van der Waals surface area contributed by atoms with Crippen LogP contribution in [0, 0.1) is 0 Å². The van der Waals surface area contributed by atoms with Crippen LogP contribution in [0.1, 0.15) is 11.1 Å². The average molecular weight is 422 g/mol. The number of fused-ring (bicyclic) bond motifs is 1. The number of halogens is 3. The number of benzene rings is 1. The van der Waals surface area contributed by atoms with Crippen molar-refractivity contribution in [2.45, 2.75) is 18.6 Å². The predicted octanol–water partition coefficient (Wildman–Crippen LogP) is 2.79. The average Bonchev–Trinajstić information content (AvgIpc) is 3.28. The number of alkyl halides is 3. The second-order valence-corrected chi connectivity index (χ2v) is 6.84. The number of hydrogen-bond acceptors (Lipinski definition) is 5. The molecule has 8 nitrogen and oxygen atoms in total. The van der Waals surface area contributed by atoms with E-state index in [1.54, 1.807) is 6.07 Å². The van der Waals surface area contributed by atoms with Crippen molar-refractivity contribution in [3.05, 3.63) is 41.6 Å². The minimum absolute atomic E-state index is 0.0236. The molecule has 2 N–H and O–H groups in total. The van der Waals surface area contributed by atoms with Crippen molar-refractivity contribution in [1.29, 1.82) is 0 Å². The van der Waals surface area contributed by atoms with Gasteiger partial charge >= 0.3 is 12.2 Å². The minimum atomic E-state index is -4.49. The second-order valence-electron chi connectivity index (χ2n) is 6.84. The van der Waals surface area contributed by atoms with Gasteiger partial charge in [-0.1, -0.05) is 0 Å². The van der Waals surface area contributed by atoms with E-state index in [2.05, 4.69) is 15.6 Å². The van der Waals surface area contributed by atoms with Crippen LogP contribution in [0.15, 0.2) is 30.5 Å². The Labute approximate surface area is 169 Å². The Morgan fingerprint density at radius 3 is 2.80 bits per heavy atom. The van der Waals surface area contributed by atoms with E-state index in [-0.39, 0.29) is 24.2 Å². The summed E-state index contributed by atoms with van der Waals surface area (Å²) in [4.78, 5) is 29.2. The first-order valence-corrected chi connectivity index (χ1v) is 9.05. The van der Waals surface area contributed by atoms with Crippen molar-refractivity contribution >= 4 is 17.6 Å². The molecule has 0 saturated carbocycles. The number of rotatable bonds is 4. The van der Waals surface area contributed by atoms with Crippen molar-refractivity contribution in [2.75, 3.05) is 25.5 Å². The van der Waals surface area contributed by atoms with Crippen LogP contribution < -0.4 is 20.1 Å². The van der Waals surface area contributed by atoms with Crippen LogP contribution in [0.5, 0.6) is 17.4 Å². The number of nitrogens with one attached hydrogen (secondary N) is 2. The Balaban J connectivity index is 1.56. The molecule has 0 spiro atoms. The van der Waals surface area contributed by atoms with Gasteiger partial charge in [0.25, 0.3) is 0 Å². The van der Waals surface area contributed by atoms with Crippen LogP contribution >= 0.6 is 0 Å². The van der Waals surface area contributed by atoms with Gasteiger partial charge in [-0.05, 0) is 12.1 Å². The monoisotopic (exact) mass is 422 g/mol. The highest BCUT2D eigenvalue weighted by molar-refractivity contribution is 6.00. The minimum Gasteiger partial charge on any atom is -0.491 e. The fraction of sp³-hybridized carbons (Fsp3) is 0.316. The van der Waals surface area contributed by atoms with Gasteiger partial charge in [0.2, 0.25) is 11.8 Å². The lowest BCUT2D eigenvalue weighted by Crippen LogP contribution is -2.40. The zero-order valence-corrected chi connectivity index (χ0v) is 15.7. The van der Waals surface area contributed by atoms with E-state index in [4.69, 9.17) is 9.47 Å². The maximum absolute atomic E-state index is 12.7. The number of anilines is 1. The number of likely N-dealkylation sites (N-methyl/N-ethyl adjacent to an activating group) is 1. The van der Waals surface area contributed by atoms with Gasteiger partial charge in [-0.2, -0.15) is 13.2 Å². The first-order valence-electron chi connectivity index (χ1n) is 9.05. The number of urea groups is 1. The maximum atomic E-state index is 12.7. The van der Waals surface area contributed by atoms with E-state index in [9.17, 15) is 22.8 Å². The van der Waals surface area contributed by atoms with Gasteiger partial charge in [-0.25, -0.2) is 9.78 Å². The largest absolute Gasteiger partial charge is 0.491 e. The van der Waals surface area contributed by atoms with Gasteiger partial charge in [0.05, 0.1) is 17.9 Å². The van der Waals surface area contributed by atoms with Crippen LogP contribution in [0.25, 0.3) is 0 Å². The third-order valence-electron chi connectivity index (χ3n) is 4.84. The summed E-state index contributed by atoms with van der Waals surface area (Å²) in [5.41, 5.74) is 0.252. The normalized spacial score (nSPS) is 17.9. The molecular formula is C19H17F3N4O4. The first-order chi connectivity index (χ1) is 14.2. The van der Waals surface area contributed by atoms with E-state index in [0.717, 1.165) is 17.7 Å². The molecule has 1 aromatic heterocycles. The molecule has 158 valence electrons. The van der Waals surface area contributed by atoms with Gasteiger partial charge < -0.3 is 25.0 Å². The third kappa shape index (κ3) is 3.82. The molecule has 1 fully saturated rings. The van der Waals surface area contributed by atoms with Crippen LogP contribution in [0.3, 0.4) is 0 Å². The number of carbonyl (C=O) groups is 2. The summed E-state index contributed by atoms with van der Waals surface area (Å²) in [7, 11) is 1.52. The molecule has 1 atom stereocenters. The molecule has 3 amide bonds. The number of hydrogen-bond donors (Lipinski definition) is 2. The van der Waals surface area contributed by atoms with E-state index >= 15 is 0 Å². The standard InChI is InChI=1S/C19H17F3N4O4/c1-26-14(9-24-18(26)28)17(27)25-13-7-12(6-10-4-5-29-16(10)13)30-15-3-2-11(8-23-15)19(20,21)22/h2-3,6-8,14H,4-5,9H2,1H3,(H,24,28)(H,25,27)/t14-/m0/s1. The summed E-state index contributed by atoms with van der Waals surface area (Å²) < 4.78 is 49.2. The fourth-order valence-corrected chi connectivity index (χ4v) is 3.23. The first kappa shape index (κ1) is 19.8. The Kier molecular flexibility index (Phi) is 4.88. The molecule has 0 aliphatic carbocycles. The molecule has 4 rings (SSSR count). The molecule has 0 unspecified atom stereocenters. The predicted molar refractivity (Wildman–Crippen MR) is 98.5 cm³/mol.